The largest absolute Gasteiger partial charge is 0.369 e. The van der Waals surface area contributed by atoms with Gasteiger partial charge >= 0.3 is 0 Å². The number of halogens is 1. The SMILES string of the molecule is Nc1nc2c(c(=O)[nH]1)N(Cc1ccc(Cl)cc1)CN2. The maximum absolute atomic E-state index is 11.9. The monoisotopic (exact) mass is 277 g/mol. The Bertz CT molecular complexity index is 667. The van der Waals surface area contributed by atoms with Crippen LogP contribution in [0.3, 0.4) is 0 Å². The molecule has 6 nitrogen and oxygen atoms in total. The molecule has 0 saturated carbocycles. The van der Waals surface area contributed by atoms with Crippen molar-refractivity contribution in [2.45, 2.75) is 6.54 Å². The summed E-state index contributed by atoms with van der Waals surface area (Å²) in [4.78, 5) is 20.4. The van der Waals surface area contributed by atoms with Crippen LogP contribution in [0, 0.1) is 0 Å². The molecule has 0 saturated heterocycles. The van der Waals surface area contributed by atoms with Gasteiger partial charge in [-0.2, -0.15) is 4.98 Å². The quantitative estimate of drug-likeness (QED) is 0.772. The topological polar surface area (TPSA) is 87.0 Å². The maximum Gasteiger partial charge on any atom is 0.278 e. The normalized spacial score (nSPS) is 13.2. The van der Waals surface area contributed by atoms with Gasteiger partial charge in [-0.3, -0.25) is 9.78 Å². The van der Waals surface area contributed by atoms with Crippen molar-refractivity contribution in [2.75, 3.05) is 22.6 Å². The highest BCUT2D eigenvalue weighted by Gasteiger charge is 2.23. The van der Waals surface area contributed by atoms with Crippen molar-refractivity contribution in [3.63, 3.8) is 0 Å². The van der Waals surface area contributed by atoms with Gasteiger partial charge < -0.3 is 16.0 Å². The zero-order chi connectivity index (χ0) is 13.4. The highest BCUT2D eigenvalue weighted by Crippen LogP contribution is 2.26. The number of benzene rings is 1. The van der Waals surface area contributed by atoms with Crippen LogP contribution in [-0.4, -0.2) is 16.6 Å². The first-order valence-electron chi connectivity index (χ1n) is 5.76. The van der Waals surface area contributed by atoms with Crippen LogP contribution in [0.25, 0.3) is 0 Å². The van der Waals surface area contributed by atoms with Crippen molar-refractivity contribution in [2.24, 2.45) is 0 Å². The van der Waals surface area contributed by atoms with Gasteiger partial charge in [0.15, 0.2) is 5.82 Å². The summed E-state index contributed by atoms with van der Waals surface area (Å²) in [6, 6.07) is 7.51. The number of hydrogen-bond acceptors (Lipinski definition) is 5. The lowest BCUT2D eigenvalue weighted by molar-refractivity contribution is 0.865. The van der Waals surface area contributed by atoms with Crippen LogP contribution in [0.4, 0.5) is 17.5 Å². The highest BCUT2D eigenvalue weighted by atomic mass is 35.5. The molecule has 1 aliphatic rings. The Hall–Kier alpha value is -2.21. The van der Waals surface area contributed by atoms with Gasteiger partial charge in [0.1, 0.15) is 5.69 Å². The first kappa shape index (κ1) is 11.9. The zero-order valence-electron chi connectivity index (χ0n) is 9.98. The van der Waals surface area contributed by atoms with E-state index in [1.165, 1.54) is 0 Å². The van der Waals surface area contributed by atoms with Gasteiger partial charge in [0.2, 0.25) is 5.95 Å². The summed E-state index contributed by atoms with van der Waals surface area (Å²) in [6.07, 6.45) is 0. The molecule has 0 bridgehead atoms. The summed E-state index contributed by atoms with van der Waals surface area (Å²) >= 11 is 5.85. The molecule has 19 heavy (non-hydrogen) atoms. The molecule has 3 rings (SSSR count). The molecular formula is C12H12ClN5O. The third-order valence-corrected chi connectivity index (χ3v) is 3.21. The molecule has 4 N–H and O–H groups in total. The fourth-order valence-electron chi connectivity index (χ4n) is 2.10. The molecule has 0 aliphatic carbocycles. The Kier molecular flexibility index (Phi) is 2.79. The number of fused-ring (bicyclic) bond motifs is 1. The van der Waals surface area contributed by atoms with E-state index in [1.807, 2.05) is 29.2 Å². The molecule has 1 aromatic heterocycles. The second-order valence-electron chi connectivity index (χ2n) is 4.31. The Morgan fingerprint density at radius 2 is 2.11 bits per heavy atom. The predicted molar refractivity (Wildman–Crippen MR) is 75.4 cm³/mol. The van der Waals surface area contributed by atoms with Crippen molar-refractivity contribution in [1.82, 2.24) is 9.97 Å². The van der Waals surface area contributed by atoms with E-state index in [2.05, 4.69) is 15.3 Å². The van der Waals surface area contributed by atoms with Crippen LogP contribution >= 0.6 is 11.6 Å². The molecule has 2 heterocycles. The molecule has 0 amide bonds. The number of aromatic amines is 1. The molecule has 0 radical (unpaired) electrons. The summed E-state index contributed by atoms with van der Waals surface area (Å²) in [5.74, 6) is 0.639. The lowest BCUT2D eigenvalue weighted by Gasteiger charge is -2.16. The minimum atomic E-state index is -0.235. The van der Waals surface area contributed by atoms with Gasteiger partial charge in [0.05, 0.1) is 6.67 Å². The van der Waals surface area contributed by atoms with Gasteiger partial charge in [0.25, 0.3) is 5.56 Å². The first-order valence-corrected chi connectivity index (χ1v) is 6.14. The molecule has 0 spiro atoms. The third-order valence-electron chi connectivity index (χ3n) is 2.95. The molecule has 1 aromatic carbocycles. The summed E-state index contributed by atoms with van der Waals surface area (Å²) in [7, 11) is 0. The van der Waals surface area contributed by atoms with Crippen molar-refractivity contribution in [3.05, 3.63) is 45.2 Å². The fourth-order valence-corrected chi connectivity index (χ4v) is 2.22. The van der Waals surface area contributed by atoms with E-state index in [-0.39, 0.29) is 11.5 Å². The Labute approximate surface area is 114 Å². The molecular weight excluding hydrogens is 266 g/mol. The van der Waals surface area contributed by atoms with Gasteiger partial charge in [-0.05, 0) is 17.7 Å². The molecule has 0 unspecified atom stereocenters. The summed E-state index contributed by atoms with van der Waals surface area (Å²) < 4.78 is 0. The van der Waals surface area contributed by atoms with Gasteiger partial charge in [-0.25, -0.2) is 0 Å². The van der Waals surface area contributed by atoms with Gasteiger partial charge in [-0.1, -0.05) is 23.7 Å². The molecule has 7 heteroatoms. The summed E-state index contributed by atoms with van der Waals surface area (Å²) in [5, 5.41) is 3.74. The Balaban J connectivity index is 1.90. The zero-order valence-corrected chi connectivity index (χ0v) is 10.7. The minimum Gasteiger partial charge on any atom is -0.369 e. The molecule has 0 atom stereocenters. The van der Waals surface area contributed by atoms with Crippen molar-refractivity contribution in [3.8, 4) is 0 Å². The average Bonchev–Trinajstić information content (AvgIpc) is 2.75. The van der Waals surface area contributed by atoms with Crippen LogP contribution in [0.15, 0.2) is 29.1 Å². The van der Waals surface area contributed by atoms with Gasteiger partial charge in [0, 0.05) is 11.6 Å². The number of rotatable bonds is 2. The lowest BCUT2D eigenvalue weighted by atomic mass is 10.2. The number of H-pyrrole nitrogens is 1. The number of nitrogens with one attached hydrogen (secondary N) is 2. The number of nitrogen functional groups attached to an aromatic ring is 1. The van der Waals surface area contributed by atoms with Crippen molar-refractivity contribution in [1.29, 1.82) is 0 Å². The first-order chi connectivity index (χ1) is 9.13. The smallest absolute Gasteiger partial charge is 0.278 e. The Morgan fingerprint density at radius 1 is 1.37 bits per heavy atom. The van der Waals surface area contributed by atoms with Crippen LogP contribution in [0.2, 0.25) is 5.02 Å². The minimum absolute atomic E-state index is 0.115. The predicted octanol–water partition coefficient (Wildman–Crippen LogP) is 1.40. The van der Waals surface area contributed by atoms with E-state index < -0.39 is 0 Å². The fraction of sp³-hybridized carbons (Fsp3) is 0.167. The van der Waals surface area contributed by atoms with Gasteiger partial charge in [-0.15, -0.1) is 0 Å². The number of nitrogens with two attached hydrogens (primary N) is 1. The maximum atomic E-state index is 11.9. The number of aromatic nitrogens is 2. The lowest BCUT2D eigenvalue weighted by Crippen LogP contribution is -2.26. The van der Waals surface area contributed by atoms with E-state index in [9.17, 15) is 4.79 Å². The molecule has 2 aromatic rings. The second kappa shape index (κ2) is 4.47. The van der Waals surface area contributed by atoms with E-state index in [1.54, 1.807) is 0 Å². The van der Waals surface area contributed by atoms with Crippen LogP contribution in [0.1, 0.15) is 5.56 Å². The van der Waals surface area contributed by atoms with E-state index >= 15 is 0 Å². The number of hydrogen-bond donors (Lipinski definition) is 3. The van der Waals surface area contributed by atoms with Crippen LogP contribution in [0.5, 0.6) is 0 Å². The van der Waals surface area contributed by atoms with Crippen LogP contribution in [-0.2, 0) is 6.54 Å². The van der Waals surface area contributed by atoms with E-state index in [0.29, 0.717) is 29.7 Å². The average molecular weight is 278 g/mol. The van der Waals surface area contributed by atoms with Crippen molar-refractivity contribution >= 4 is 29.1 Å². The molecule has 98 valence electrons. The number of nitrogens with zero attached hydrogens (tertiary/aromatic N) is 2. The third kappa shape index (κ3) is 2.22. The molecule has 0 fully saturated rings. The van der Waals surface area contributed by atoms with Crippen molar-refractivity contribution < 1.29 is 0 Å². The summed E-state index contributed by atoms with van der Waals surface area (Å²) in [6.45, 7) is 1.13. The highest BCUT2D eigenvalue weighted by molar-refractivity contribution is 6.30. The Morgan fingerprint density at radius 3 is 2.84 bits per heavy atom. The van der Waals surface area contributed by atoms with Crippen LogP contribution < -0.4 is 21.5 Å². The molecule has 1 aliphatic heterocycles. The van der Waals surface area contributed by atoms with E-state index in [0.717, 1.165) is 5.56 Å². The standard InChI is InChI=1S/C12H12ClN5O/c13-8-3-1-7(2-4-8)5-18-6-15-10-9(18)11(19)17-12(14)16-10/h1-4H,5-6H2,(H4,14,15,16,17,19). The number of anilines is 3. The summed E-state index contributed by atoms with van der Waals surface area (Å²) in [5.41, 5.74) is 6.85. The second-order valence-corrected chi connectivity index (χ2v) is 4.74. The van der Waals surface area contributed by atoms with E-state index in [4.69, 9.17) is 17.3 Å².